The normalized spacial score (nSPS) is 16.6. The minimum absolute atomic E-state index is 0.323. The van der Waals surface area contributed by atoms with Crippen LogP contribution in [0.5, 0.6) is 5.75 Å². The van der Waals surface area contributed by atoms with Crippen LogP contribution in [0.3, 0.4) is 0 Å². The molecule has 7 heteroatoms. The van der Waals surface area contributed by atoms with Gasteiger partial charge >= 0.3 is 0 Å². The molecule has 6 nitrogen and oxygen atoms in total. The number of aromatic nitrogens is 1. The van der Waals surface area contributed by atoms with Gasteiger partial charge in [-0.1, -0.05) is 12.1 Å². The average Bonchev–Trinajstić information content (AvgIpc) is 3.22. The predicted octanol–water partition coefficient (Wildman–Crippen LogP) is 3.62. The Hall–Kier alpha value is -3.11. The highest BCUT2D eigenvalue weighted by atomic mass is 32.2. The fraction of sp³-hybridized carbons (Fsp3) is 0.304. The first-order chi connectivity index (χ1) is 14.3. The molecule has 4 rings (SSSR count). The molecule has 0 saturated carbocycles. The lowest BCUT2D eigenvalue weighted by molar-refractivity contribution is 0.306. The molecule has 0 aliphatic carbocycles. The maximum Gasteiger partial charge on any atom is 0.152 e. The van der Waals surface area contributed by atoms with E-state index in [4.69, 9.17) is 10.00 Å². The Kier molecular flexibility index (Phi) is 5.35. The molecule has 1 aromatic heterocycles. The lowest BCUT2D eigenvalue weighted by Gasteiger charge is -2.21. The van der Waals surface area contributed by atoms with Crippen molar-refractivity contribution >= 4 is 26.4 Å². The van der Waals surface area contributed by atoms with Gasteiger partial charge in [-0.2, -0.15) is 5.26 Å². The molecule has 2 aromatic carbocycles. The summed E-state index contributed by atoms with van der Waals surface area (Å²) in [5.41, 5.74) is 4.32. The van der Waals surface area contributed by atoms with Gasteiger partial charge < -0.3 is 9.64 Å². The fourth-order valence-corrected chi connectivity index (χ4v) is 4.79. The molecule has 0 spiro atoms. The SMILES string of the molecule is Cc1cc(N2CC[C@@H](S(C)(=O)=O)C2)c2ccc(OCc3ccc(C#N)cc3)cc2n1. The third kappa shape index (κ3) is 4.24. The average molecular weight is 422 g/mol. The summed E-state index contributed by atoms with van der Waals surface area (Å²) >= 11 is 0. The Morgan fingerprint density at radius 1 is 1.20 bits per heavy atom. The van der Waals surface area contributed by atoms with Gasteiger partial charge in [-0.05, 0) is 49.2 Å². The number of sulfone groups is 1. The Morgan fingerprint density at radius 2 is 1.97 bits per heavy atom. The quantitative estimate of drug-likeness (QED) is 0.626. The van der Waals surface area contributed by atoms with Gasteiger partial charge in [0.25, 0.3) is 0 Å². The van der Waals surface area contributed by atoms with E-state index in [0.717, 1.165) is 27.8 Å². The summed E-state index contributed by atoms with van der Waals surface area (Å²) in [6, 6.07) is 17.2. The van der Waals surface area contributed by atoms with Crippen molar-refractivity contribution in [3.8, 4) is 11.8 Å². The molecular weight excluding hydrogens is 398 g/mol. The standard InChI is InChI=1S/C23H23N3O3S/c1-16-11-23(26-10-9-20(14-26)30(2,27)28)21-8-7-19(12-22(21)25-16)29-15-18-5-3-17(13-24)4-6-18/h3-8,11-12,20H,9-10,14-15H2,1-2H3/t20-/m1/s1. The highest BCUT2D eigenvalue weighted by molar-refractivity contribution is 7.91. The monoisotopic (exact) mass is 421 g/mol. The first-order valence-corrected chi connectivity index (χ1v) is 11.8. The van der Waals surface area contributed by atoms with Crippen LogP contribution < -0.4 is 9.64 Å². The van der Waals surface area contributed by atoms with Crippen molar-refractivity contribution in [3.63, 3.8) is 0 Å². The summed E-state index contributed by atoms with van der Waals surface area (Å²) in [6.45, 7) is 3.57. The molecule has 2 heterocycles. The van der Waals surface area contributed by atoms with Gasteiger partial charge in [0.05, 0.1) is 22.4 Å². The van der Waals surface area contributed by atoms with Gasteiger partial charge in [-0.15, -0.1) is 0 Å². The Balaban J connectivity index is 1.57. The van der Waals surface area contributed by atoms with Crippen molar-refractivity contribution in [1.29, 1.82) is 5.26 Å². The number of nitrogens with zero attached hydrogens (tertiary/aromatic N) is 3. The van der Waals surface area contributed by atoms with Gasteiger partial charge in [0.15, 0.2) is 9.84 Å². The van der Waals surface area contributed by atoms with Crippen LogP contribution in [0.2, 0.25) is 0 Å². The molecule has 1 atom stereocenters. The van der Waals surface area contributed by atoms with E-state index in [1.54, 1.807) is 12.1 Å². The number of rotatable bonds is 5. The smallest absolute Gasteiger partial charge is 0.152 e. The van der Waals surface area contributed by atoms with Crippen molar-refractivity contribution in [3.05, 3.63) is 65.4 Å². The fourth-order valence-electron chi connectivity index (χ4n) is 3.81. The van der Waals surface area contributed by atoms with Crippen LogP contribution in [-0.2, 0) is 16.4 Å². The number of hydrogen-bond donors (Lipinski definition) is 0. The summed E-state index contributed by atoms with van der Waals surface area (Å²) in [4.78, 5) is 6.79. The summed E-state index contributed by atoms with van der Waals surface area (Å²) < 4.78 is 29.8. The number of aryl methyl sites for hydroxylation is 1. The van der Waals surface area contributed by atoms with Crippen molar-refractivity contribution < 1.29 is 13.2 Å². The van der Waals surface area contributed by atoms with Crippen molar-refractivity contribution in [2.24, 2.45) is 0 Å². The molecule has 0 bridgehead atoms. The molecule has 0 radical (unpaired) electrons. The largest absolute Gasteiger partial charge is 0.489 e. The number of anilines is 1. The second-order valence-corrected chi connectivity index (χ2v) is 10.1. The Morgan fingerprint density at radius 3 is 2.63 bits per heavy atom. The van der Waals surface area contributed by atoms with Crippen LogP contribution in [0.15, 0.2) is 48.5 Å². The van der Waals surface area contributed by atoms with Gasteiger partial charge in [0.1, 0.15) is 12.4 Å². The number of nitriles is 1. The summed E-state index contributed by atoms with van der Waals surface area (Å²) in [7, 11) is -3.05. The molecule has 1 aliphatic rings. The van der Waals surface area contributed by atoms with E-state index in [0.29, 0.717) is 37.4 Å². The van der Waals surface area contributed by atoms with Crippen LogP contribution in [0, 0.1) is 18.3 Å². The van der Waals surface area contributed by atoms with E-state index in [1.807, 2.05) is 43.3 Å². The third-order valence-corrected chi connectivity index (χ3v) is 7.06. The van der Waals surface area contributed by atoms with E-state index in [2.05, 4.69) is 16.0 Å². The van der Waals surface area contributed by atoms with Crippen molar-refractivity contribution in [2.75, 3.05) is 24.2 Å². The Bertz CT molecular complexity index is 1230. The molecule has 154 valence electrons. The second kappa shape index (κ2) is 7.96. The minimum Gasteiger partial charge on any atom is -0.489 e. The zero-order chi connectivity index (χ0) is 21.3. The number of fused-ring (bicyclic) bond motifs is 1. The number of ether oxygens (including phenoxy) is 1. The molecular formula is C23H23N3O3S. The molecule has 30 heavy (non-hydrogen) atoms. The number of hydrogen-bond acceptors (Lipinski definition) is 6. The first-order valence-electron chi connectivity index (χ1n) is 9.80. The molecule has 1 saturated heterocycles. The molecule has 1 aliphatic heterocycles. The summed E-state index contributed by atoms with van der Waals surface area (Å²) in [5.74, 6) is 0.714. The highest BCUT2D eigenvalue weighted by Crippen LogP contribution is 2.32. The van der Waals surface area contributed by atoms with E-state index in [1.165, 1.54) is 6.26 Å². The Labute approximate surface area is 176 Å². The highest BCUT2D eigenvalue weighted by Gasteiger charge is 2.31. The van der Waals surface area contributed by atoms with Crippen LogP contribution >= 0.6 is 0 Å². The molecule has 0 unspecified atom stereocenters. The minimum atomic E-state index is -3.05. The van der Waals surface area contributed by atoms with Crippen LogP contribution in [0.4, 0.5) is 5.69 Å². The first kappa shape index (κ1) is 20.2. The maximum atomic E-state index is 11.9. The topological polar surface area (TPSA) is 83.3 Å². The molecule has 1 fully saturated rings. The maximum absolute atomic E-state index is 11.9. The lowest BCUT2D eigenvalue weighted by atomic mass is 10.1. The van der Waals surface area contributed by atoms with Crippen LogP contribution in [-0.4, -0.2) is 38.0 Å². The van der Waals surface area contributed by atoms with Gasteiger partial charge in [0.2, 0.25) is 0 Å². The summed E-state index contributed by atoms with van der Waals surface area (Å²) in [6.07, 6.45) is 1.96. The third-order valence-electron chi connectivity index (χ3n) is 5.47. The number of pyridine rings is 1. The van der Waals surface area contributed by atoms with Gasteiger partial charge in [-0.25, -0.2) is 8.42 Å². The van der Waals surface area contributed by atoms with E-state index >= 15 is 0 Å². The molecule has 0 amide bonds. The molecule has 0 N–H and O–H groups in total. The van der Waals surface area contributed by atoms with E-state index < -0.39 is 9.84 Å². The van der Waals surface area contributed by atoms with Gasteiger partial charge in [-0.3, -0.25) is 4.98 Å². The van der Waals surface area contributed by atoms with Crippen molar-refractivity contribution in [1.82, 2.24) is 4.98 Å². The molecule has 3 aromatic rings. The number of benzene rings is 2. The van der Waals surface area contributed by atoms with Crippen LogP contribution in [0.25, 0.3) is 10.9 Å². The van der Waals surface area contributed by atoms with Crippen LogP contribution in [0.1, 0.15) is 23.2 Å². The summed E-state index contributed by atoms with van der Waals surface area (Å²) in [5, 5.41) is 9.56. The zero-order valence-corrected chi connectivity index (χ0v) is 17.8. The second-order valence-electron chi connectivity index (χ2n) is 7.75. The van der Waals surface area contributed by atoms with E-state index in [-0.39, 0.29) is 5.25 Å². The van der Waals surface area contributed by atoms with Crippen molar-refractivity contribution in [2.45, 2.75) is 25.2 Å². The van der Waals surface area contributed by atoms with E-state index in [9.17, 15) is 8.42 Å². The van der Waals surface area contributed by atoms with Gasteiger partial charge in [0, 0.05) is 42.2 Å². The predicted molar refractivity (Wildman–Crippen MR) is 117 cm³/mol. The lowest BCUT2D eigenvalue weighted by Crippen LogP contribution is -2.26. The zero-order valence-electron chi connectivity index (χ0n) is 17.0.